The molecule has 3 unspecified atom stereocenters. The van der Waals surface area contributed by atoms with Crippen LogP contribution in [0, 0.1) is 11.3 Å². The molecule has 0 aromatic heterocycles. The minimum atomic E-state index is 0. The van der Waals surface area contributed by atoms with Crippen molar-refractivity contribution in [2.75, 3.05) is 57.8 Å². The van der Waals surface area contributed by atoms with Crippen LogP contribution in [0.4, 0.5) is 5.69 Å². The third-order valence-corrected chi connectivity index (χ3v) is 7.34. The highest BCUT2D eigenvalue weighted by molar-refractivity contribution is 14.0. The number of nitrogens with zero attached hydrogens (tertiary/aromatic N) is 3. The molecule has 0 bridgehead atoms. The standard InChI is InChI=1S/C23H36ClN5O.HI/c1-23(2)20(19-8-15-30-21(19)23)27-22(25-3)26-9-5-10-28-11-13-29(14-12-28)18-7-4-6-17(24)16-18;/h4,6-7,16,19-21H,5,8-15H2,1-3H3,(H2,25,26,27);1H. The van der Waals surface area contributed by atoms with Crippen molar-refractivity contribution in [3.8, 4) is 0 Å². The fraction of sp³-hybridized carbons (Fsp3) is 0.696. The molecule has 31 heavy (non-hydrogen) atoms. The van der Waals surface area contributed by atoms with Crippen LogP contribution in [0.25, 0.3) is 0 Å². The van der Waals surface area contributed by atoms with Crippen molar-refractivity contribution in [3.05, 3.63) is 29.3 Å². The van der Waals surface area contributed by atoms with Crippen LogP contribution in [0.5, 0.6) is 0 Å². The van der Waals surface area contributed by atoms with E-state index in [1.807, 2.05) is 19.2 Å². The first-order chi connectivity index (χ1) is 14.5. The fourth-order valence-corrected chi connectivity index (χ4v) is 5.56. The van der Waals surface area contributed by atoms with Crippen LogP contribution in [0.3, 0.4) is 0 Å². The number of hydrogen-bond acceptors (Lipinski definition) is 4. The van der Waals surface area contributed by atoms with E-state index in [-0.39, 0.29) is 29.4 Å². The van der Waals surface area contributed by atoms with Crippen molar-refractivity contribution in [2.24, 2.45) is 16.3 Å². The molecule has 3 atom stereocenters. The smallest absolute Gasteiger partial charge is 0.191 e. The van der Waals surface area contributed by atoms with Crippen molar-refractivity contribution in [1.82, 2.24) is 15.5 Å². The third-order valence-electron chi connectivity index (χ3n) is 7.11. The summed E-state index contributed by atoms with van der Waals surface area (Å²) in [6.07, 6.45) is 2.67. The molecule has 3 aliphatic rings. The normalized spacial score (nSPS) is 27.8. The molecule has 3 fully saturated rings. The van der Waals surface area contributed by atoms with Crippen LogP contribution >= 0.6 is 35.6 Å². The maximum absolute atomic E-state index is 6.14. The number of guanidine groups is 1. The molecule has 1 aromatic carbocycles. The molecular weight excluding hydrogens is 525 g/mol. The third kappa shape index (κ3) is 5.60. The Morgan fingerprint density at radius 2 is 2.03 bits per heavy atom. The Morgan fingerprint density at radius 1 is 1.26 bits per heavy atom. The Kier molecular flexibility index (Phi) is 8.74. The molecule has 0 radical (unpaired) electrons. The van der Waals surface area contributed by atoms with Gasteiger partial charge < -0.3 is 20.3 Å². The van der Waals surface area contributed by atoms with E-state index < -0.39 is 0 Å². The predicted octanol–water partition coefficient (Wildman–Crippen LogP) is 3.45. The second-order valence-corrected chi connectivity index (χ2v) is 9.78. The maximum Gasteiger partial charge on any atom is 0.191 e. The number of ether oxygens (including phenoxy) is 1. The van der Waals surface area contributed by atoms with Crippen LogP contribution in [-0.4, -0.2) is 75.9 Å². The molecule has 1 saturated carbocycles. The van der Waals surface area contributed by atoms with Crippen LogP contribution in [0.1, 0.15) is 26.7 Å². The van der Waals surface area contributed by atoms with Gasteiger partial charge in [0.1, 0.15) is 0 Å². The molecule has 1 aromatic rings. The molecule has 2 heterocycles. The largest absolute Gasteiger partial charge is 0.377 e. The zero-order valence-electron chi connectivity index (χ0n) is 18.9. The van der Waals surface area contributed by atoms with Crippen molar-refractivity contribution in [2.45, 2.75) is 38.8 Å². The lowest BCUT2D eigenvalue weighted by atomic mass is 9.57. The Balaban J connectivity index is 0.00000272. The van der Waals surface area contributed by atoms with Gasteiger partial charge in [-0.15, -0.1) is 24.0 Å². The van der Waals surface area contributed by atoms with Crippen molar-refractivity contribution >= 4 is 47.2 Å². The number of rotatable bonds is 6. The second kappa shape index (κ2) is 10.9. The molecule has 6 nitrogen and oxygen atoms in total. The zero-order valence-corrected chi connectivity index (χ0v) is 22.0. The molecular formula is C23H37ClIN5O. The number of hydrogen-bond donors (Lipinski definition) is 2. The van der Waals surface area contributed by atoms with Gasteiger partial charge in [-0.05, 0) is 37.6 Å². The van der Waals surface area contributed by atoms with E-state index in [0.29, 0.717) is 18.1 Å². The average molecular weight is 562 g/mol. The summed E-state index contributed by atoms with van der Waals surface area (Å²) in [5.41, 5.74) is 1.40. The second-order valence-electron chi connectivity index (χ2n) is 9.35. The molecule has 4 rings (SSSR count). The van der Waals surface area contributed by atoms with E-state index in [0.717, 1.165) is 69.7 Å². The average Bonchev–Trinajstić information content (AvgIpc) is 3.21. The highest BCUT2D eigenvalue weighted by atomic mass is 127. The predicted molar refractivity (Wildman–Crippen MR) is 140 cm³/mol. The number of halogens is 2. The van der Waals surface area contributed by atoms with Gasteiger partial charge in [-0.2, -0.15) is 0 Å². The summed E-state index contributed by atoms with van der Waals surface area (Å²) in [4.78, 5) is 9.42. The molecule has 0 spiro atoms. The Bertz CT molecular complexity index is 753. The number of piperazine rings is 1. The quantitative estimate of drug-likeness (QED) is 0.241. The molecule has 2 aliphatic heterocycles. The topological polar surface area (TPSA) is 52.1 Å². The van der Waals surface area contributed by atoms with Gasteiger partial charge in [0.15, 0.2) is 5.96 Å². The Morgan fingerprint density at radius 3 is 2.74 bits per heavy atom. The first-order valence-corrected chi connectivity index (χ1v) is 11.7. The summed E-state index contributed by atoms with van der Waals surface area (Å²) in [6.45, 7) is 11.8. The van der Waals surface area contributed by atoms with Gasteiger partial charge in [-0.1, -0.05) is 31.5 Å². The summed E-state index contributed by atoms with van der Waals surface area (Å²) in [7, 11) is 1.86. The van der Waals surface area contributed by atoms with Crippen molar-refractivity contribution in [1.29, 1.82) is 0 Å². The summed E-state index contributed by atoms with van der Waals surface area (Å²) < 4.78 is 5.90. The summed E-state index contributed by atoms with van der Waals surface area (Å²) >= 11 is 6.14. The highest BCUT2D eigenvalue weighted by Gasteiger charge is 2.59. The van der Waals surface area contributed by atoms with E-state index >= 15 is 0 Å². The van der Waals surface area contributed by atoms with Crippen LogP contribution in [0.15, 0.2) is 29.3 Å². The van der Waals surface area contributed by atoms with Gasteiger partial charge >= 0.3 is 0 Å². The minimum Gasteiger partial charge on any atom is -0.377 e. The first kappa shape index (κ1) is 24.9. The number of benzene rings is 1. The van der Waals surface area contributed by atoms with E-state index in [1.54, 1.807) is 0 Å². The van der Waals surface area contributed by atoms with Gasteiger partial charge in [-0.3, -0.25) is 9.89 Å². The van der Waals surface area contributed by atoms with Gasteiger partial charge in [0, 0.05) is 74.5 Å². The summed E-state index contributed by atoms with van der Waals surface area (Å²) in [6, 6.07) is 8.61. The number of nitrogens with one attached hydrogen (secondary N) is 2. The van der Waals surface area contributed by atoms with Crippen LogP contribution < -0.4 is 15.5 Å². The van der Waals surface area contributed by atoms with Gasteiger partial charge in [0.05, 0.1) is 6.10 Å². The minimum absolute atomic E-state index is 0. The van der Waals surface area contributed by atoms with E-state index in [9.17, 15) is 0 Å². The monoisotopic (exact) mass is 561 g/mol. The number of anilines is 1. The van der Waals surface area contributed by atoms with Gasteiger partial charge in [-0.25, -0.2) is 0 Å². The van der Waals surface area contributed by atoms with Crippen molar-refractivity contribution < 1.29 is 4.74 Å². The van der Waals surface area contributed by atoms with E-state index in [2.05, 4.69) is 51.4 Å². The molecule has 1 aliphatic carbocycles. The lowest BCUT2D eigenvalue weighted by Crippen LogP contribution is -2.68. The van der Waals surface area contributed by atoms with E-state index in [1.165, 1.54) is 5.69 Å². The zero-order chi connectivity index (χ0) is 21.1. The number of fused-ring (bicyclic) bond motifs is 1. The Hall–Kier alpha value is -0.770. The SMILES string of the molecule is CN=C(NCCCN1CCN(c2cccc(Cl)c2)CC1)NC1C2CCOC2C1(C)C.I. The molecule has 8 heteroatoms. The fourth-order valence-electron chi connectivity index (χ4n) is 5.37. The lowest BCUT2D eigenvalue weighted by Gasteiger charge is -2.54. The molecule has 2 saturated heterocycles. The summed E-state index contributed by atoms with van der Waals surface area (Å²) in [5.74, 6) is 1.54. The number of aliphatic imine (C=N–C) groups is 1. The molecule has 174 valence electrons. The van der Waals surface area contributed by atoms with Crippen LogP contribution in [-0.2, 0) is 4.74 Å². The molecule has 2 N–H and O–H groups in total. The van der Waals surface area contributed by atoms with Crippen molar-refractivity contribution in [3.63, 3.8) is 0 Å². The maximum atomic E-state index is 6.14. The van der Waals surface area contributed by atoms with Gasteiger partial charge in [0.2, 0.25) is 0 Å². The first-order valence-electron chi connectivity index (χ1n) is 11.3. The molecule has 0 amide bonds. The summed E-state index contributed by atoms with van der Waals surface area (Å²) in [5, 5.41) is 7.98. The Labute approximate surface area is 209 Å². The lowest BCUT2D eigenvalue weighted by molar-refractivity contribution is -0.106. The van der Waals surface area contributed by atoms with Crippen LogP contribution in [0.2, 0.25) is 5.02 Å². The highest BCUT2D eigenvalue weighted by Crippen LogP contribution is 2.52. The van der Waals surface area contributed by atoms with E-state index in [4.69, 9.17) is 16.3 Å². The van der Waals surface area contributed by atoms with Gasteiger partial charge in [0.25, 0.3) is 0 Å².